The highest BCUT2D eigenvalue weighted by molar-refractivity contribution is 7.99. The van der Waals surface area contributed by atoms with Crippen LogP contribution >= 0.6 is 11.8 Å². The van der Waals surface area contributed by atoms with Crippen LogP contribution in [0, 0.1) is 12.8 Å². The predicted molar refractivity (Wildman–Crippen MR) is 105 cm³/mol. The van der Waals surface area contributed by atoms with Crippen molar-refractivity contribution in [2.24, 2.45) is 5.92 Å². The molecule has 0 radical (unpaired) electrons. The molecule has 1 heterocycles. The molecular weight excluding hydrogens is 344 g/mol. The monoisotopic (exact) mass is 368 g/mol. The summed E-state index contributed by atoms with van der Waals surface area (Å²) in [6.07, 6.45) is 0.309. The highest BCUT2D eigenvalue weighted by atomic mass is 32.2. The van der Waals surface area contributed by atoms with Crippen molar-refractivity contribution in [2.75, 3.05) is 18.8 Å². The van der Waals surface area contributed by atoms with E-state index in [2.05, 4.69) is 36.5 Å². The number of hydrogen-bond acceptors (Lipinski definition) is 3. The van der Waals surface area contributed by atoms with E-state index in [4.69, 9.17) is 0 Å². The molecule has 0 spiro atoms. The minimum Gasteiger partial charge on any atom is -0.355 e. The Morgan fingerprint density at radius 3 is 2.62 bits per heavy atom. The van der Waals surface area contributed by atoms with E-state index < -0.39 is 0 Å². The lowest BCUT2D eigenvalue weighted by atomic mass is 10.1. The van der Waals surface area contributed by atoms with Crippen molar-refractivity contribution in [3.8, 4) is 0 Å². The zero-order valence-corrected chi connectivity index (χ0v) is 15.8. The van der Waals surface area contributed by atoms with Gasteiger partial charge in [0.2, 0.25) is 11.8 Å². The number of aryl methyl sites for hydroxylation is 1. The first-order valence-corrected chi connectivity index (χ1v) is 9.89. The van der Waals surface area contributed by atoms with Gasteiger partial charge in [0.15, 0.2) is 0 Å². The lowest BCUT2D eigenvalue weighted by Crippen LogP contribution is -2.34. The van der Waals surface area contributed by atoms with Gasteiger partial charge < -0.3 is 10.2 Å². The number of thioether (sulfide) groups is 1. The summed E-state index contributed by atoms with van der Waals surface area (Å²) < 4.78 is 0. The lowest BCUT2D eigenvalue weighted by Gasteiger charge is -2.16. The van der Waals surface area contributed by atoms with Crippen molar-refractivity contribution >= 4 is 23.6 Å². The van der Waals surface area contributed by atoms with Gasteiger partial charge in [-0.1, -0.05) is 48.0 Å². The minimum atomic E-state index is -0.240. The summed E-state index contributed by atoms with van der Waals surface area (Å²) in [5.74, 6) is 0.625. The number of amides is 2. The van der Waals surface area contributed by atoms with E-state index >= 15 is 0 Å². The number of hydrogen-bond donors (Lipinski definition) is 1. The SMILES string of the molecule is Cc1ccc(SCCNC(=O)C2CC(=O)N(Cc3ccccc3)C2)cc1. The molecule has 136 valence electrons. The zero-order chi connectivity index (χ0) is 18.4. The summed E-state index contributed by atoms with van der Waals surface area (Å²) in [6, 6.07) is 18.3. The van der Waals surface area contributed by atoms with E-state index in [1.54, 1.807) is 16.7 Å². The number of carbonyl (C=O) groups excluding carboxylic acids is 2. The third-order valence-corrected chi connectivity index (χ3v) is 5.51. The van der Waals surface area contributed by atoms with Crippen molar-refractivity contribution in [1.82, 2.24) is 10.2 Å². The molecule has 0 aromatic heterocycles. The predicted octanol–water partition coefficient (Wildman–Crippen LogP) is 3.25. The highest BCUT2D eigenvalue weighted by Crippen LogP contribution is 2.21. The summed E-state index contributed by atoms with van der Waals surface area (Å²) in [5.41, 5.74) is 2.34. The van der Waals surface area contributed by atoms with E-state index in [-0.39, 0.29) is 17.7 Å². The maximum absolute atomic E-state index is 12.3. The molecule has 2 amide bonds. The number of carbonyl (C=O) groups is 2. The van der Waals surface area contributed by atoms with Crippen LogP contribution in [0.1, 0.15) is 17.5 Å². The fraction of sp³-hybridized carbons (Fsp3) is 0.333. The summed E-state index contributed by atoms with van der Waals surface area (Å²) >= 11 is 1.72. The maximum atomic E-state index is 12.3. The van der Waals surface area contributed by atoms with Crippen molar-refractivity contribution in [2.45, 2.75) is 24.8 Å². The summed E-state index contributed by atoms with van der Waals surface area (Å²) in [6.45, 7) is 3.76. The Morgan fingerprint density at radius 2 is 1.88 bits per heavy atom. The molecule has 0 bridgehead atoms. The van der Waals surface area contributed by atoms with Gasteiger partial charge in [0.1, 0.15) is 0 Å². The van der Waals surface area contributed by atoms with E-state index in [1.165, 1.54) is 10.5 Å². The molecule has 2 aromatic carbocycles. The van der Waals surface area contributed by atoms with Gasteiger partial charge in [-0.05, 0) is 24.6 Å². The molecule has 1 atom stereocenters. The molecular formula is C21H24N2O2S. The minimum absolute atomic E-state index is 0.0154. The largest absolute Gasteiger partial charge is 0.355 e. The molecule has 0 saturated carbocycles. The van der Waals surface area contributed by atoms with Crippen molar-refractivity contribution in [3.05, 3.63) is 65.7 Å². The second-order valence-electron chi connectivity index (χ2n) is 6.61. The van der Waals surface area contributed by atoms with Gasteiger partial charge in [0.05, 0.1) is 5.92 Å². The van der Waals surface area contributed by atoms with E-state index in [0.29, 0.717) is 26.1 Å². The van der Waals surface area contributed by atoms with Gasteiger partial charge in [-0.2, -0.15) is 0 Å². The molecule has 1 N–H and O–H groups in total. The highest BCUT2D eigenvalue weighted by Gasteiger charge is 2.33. The van der Waals surface area contributed by atoms with Crippen LogP contribution in [0.4, 0.5) is 0 Å². The van der Waals surface area contributed by atoms with Crippen molar-refractivity contribution in [1.29, 1.82) is 0 Å². The first-order valence-electron chi connectivity index (χ1n) is 8.90. The fourth-order valence-corrected chi connectivity index (χ4v) is 3.79. The molecule has 1 fully saturated rings. The maximum Gasteiger partial charge on any atom is 0.225 e. The molecule has 1 aliphatic heterocycles. The van der Waals surface area contributed by atoms with Crippen LogP contribution in [0.5, 0.6) is 0 Å². The number of likely N-dealkylation sites (tertiary alicyclic amines) is 1. The third kappa shape index (κ3) is 5.11. The quantitative estimate of drug-likeness (QED) is 0.603. The average Bonchev–Trinajstić information content (AvgIpc) is 3.01. The molecule has 1 aliphatic rings. The van der Waals surface area contributed by atoms with Gasteiger partial charge in [0, 0.05) is 36.7 Å². The Balaban J connectivity index is 1.41. The van der Waals surface area contributed by atoms with Crippen LogP contribution in [0.15, 0.2) is 59.5 Å². The molecule has 4 nitrogen and oxygen atoms in total. The standard InChI is InChI=1S/C21H24N2O2S/c1-16-7-9-19(10-8-16)26-12-11-22-21(25)18-13-20(24)23(15-18)14-17-5-3-2-4-6-17/h2-10,18H,11-15H2,1H3,(H,22,25). The Bertz CT molecular complexity index is 746. The van der Waals surface area contributed by atoms with Crippen LogP contribution < -0.4 is 5.32 Å². The lowest BCUT2D eigenvalue weighted by molar-refractivity contribution is -0.129. The Labute approximate surface area is 159 Å². The number of nitrogens with one attached hydrogen (secondary N) is 1. The van der Waals surface area contributed by atoms with E-state index in [9.17, 15) is 9.59 Å². The van der Waals surface area contributed by atoms with Gasteiger partial charge in [-0.15, -0.1) is 11.8 Å². The molecule has 5 heteroatoms. The Morgan fingerprint density at radius 1 is 1.15 bits per heavy atom. The summed E-state index contributed by atoms with van der Waals surface area (Å²) in [4.78, 5) is 27.5. The van der Waals surface area contributed by atoms with Gasteiger partial charge in [-0.25, -0.2) is 0 Å². The average molecular weight is 369 g/mol. The van der Waals surface area contributed by atoms with Crippen LogP contribution in [0.2, 0.25) is 0 Å². The van der Waals surface area contributed by atoms with Crippen LogP contribution in [-0.2, 0) is 16.1 Å². The molecule has 3 rings (SSSR count). The van der Waals surface area contributed by atoms with Gasteiger partial charge in [-0.3, -0.25) is 9.59 Å². The normalized spacial score (nSPS) is 16.7. The first-order chi connectivity index (χ1) is 12.6. The van der Waals surface area contributed by atoms with Crippen LogP contribution in [0.25, 0.3) is 0 Å². The van der Waals surface area contributed by atoms with E-state index in [0.717, 1.165) is 11.3 Å². The number of nitrogens with zero attached hydrogens (tertiary/aromatic N) is 1. The summed E-state index contributed by atoms with van der Waals surface area (Å²) in [5, 5.41) is 2.97. The van der Waals surface area contributed by atoms with Crippen LogP contribution in [0.3, 0.4) is 0 Å². The second-order valence-corrected chi connectivity index (χ2v) is 7.78. The van der Waals surface area contributed by atoms with Crippen LogP contribution in [-0.4, -0.2) is 35.6 Å². The number of benzene rings is 2. The van der Waals surface area contributed by atoms with E-state index in [1.807, 2.05) is 30.3 Å². The molecule has 26 heavy (non-hydrogen) atoms. The van der Waals surface area contributed by atoms with Crippen molar-refractivity contribution in [3.63, 3.8) is 0 Å². The zero-order valence-electron chi connectivity index (χ0n) is 15.0. The van der Waals surface area contributed by atoms with Crippen molar-refractivity contribution < 1.29 is 9.59 Å². The smallest absolute Gasteiger partial charge is 0.225 e. The fourth-order valence-electron chi connectivity index (χ4n) is 3.03. The Kier molecular flexibility index (Phi) is 6.34. The second kappa shape index (κ2) is 8.90. The number of rotatable bonds is 7. The molecule has 2 aromatic rings. The summed E-state index contributed by atoms with van der Waals surface area (Å²) in [7, 11) is 0. The van der Waals surface area contributed by atoms with Gasteiger partial charge >= 0.3 is 0 Å². The molecule has 1 unspecified atom stereocenters. The molecule has 0 aliphatic carbocycles. The third-order valence-electron chi connectivity index (χ3n) is 4.49. The first kappa shape index (κ1) is 18.5. The Hall–Kier alpha value is -2.27. The topological polar surface area (TPSA) is 49.4 Å². The van der Waals surface area contributed by atoms with Gasteiger partial charge in [0.25, 0.3) is 0 Å². The molecule has 1 saturated heterocycles.